The molecule has 1 heterocycles. The van der Waals surface area contributed by atoms with E-state index >= 15 is 0 Å². The smallest absolute Gasteiger partial charge is 0.0642 e. The predicted octanol–water partition coefficient (Wildman–Crippen LogP) is 2.26. The lowest BCUT2D eigenvalue weighted by Gasteiger charge is -2.41. The van der Waals surface area contributed by atoms with Crippen LogP contribution < -0.4 is 5.73 Å². The Bertz CT molecular complexity index is 355. The van der Waals surface area contributed by atoms with Crippen LogP contribution in [0.2, 0.25) is 0 Å². The van der Waals surface area contributed by atoms with Gasteiger partial charge in [0.2, 0.25) is 0 Å². The highest BCUT2D eigenvalue weighted by molar-refractivity contribution is 5.07. The molecule has 1 aromatic rings. The van der Waals surface area contributed by atoms with Gasteiger partial charge in [0.15, 0.2) is 0 Å². The molecule has 0 bridgehead atoms. The number of aromatic nitrogens is 2. The van der Waals surface area contributed by atoms with Crippen molar-refractivity contribution in [3.05, 3.63) is 18.0 Å². The fourth-order valence-corrected chi connectivity index (χ4v) is 2.52. The first-order valence-electron chi connectivity index (χ1n) is 6.16. The minimum absolute atomic E-state index is 0.0239. The van der Waals surface area contributed by atoms with Crippen molar-refractivity contribution in [1.29, 1.82) is 0 Å². The van der Waals surface area contributed by atoms with Gasteiger partial charge >= 0.3 is 0 Å². The van der Waals surface area contributed by atoms with Crippen molar-refractivity contribution in [2.45, 2.75) is 51.5 Å². The Morgan fingerprint density at radius 3 is 2.44 bits per heavy atom. The highest BCUT2D eigenvalue weighted by atomic mass is 15.2. The number of rotatable bonds is 2. The van der Waals surface area contributed by atoms with Crippen LogP contribution in [0.15, 0.2) is 12.3 Å². The zero-order chi connectivity index (χ0) is 11.8. The SMILES string of the molecule is Cn1ccc(CC2(N)CCC(C)(C)CC2)n1. The summed E-state index contributed by atoms with van der Waals surface area (Å²) in [5.74, 6) is 0. The van der Waals surface area contributed by atoms with Gasteiger partial charge in [-0.3, -0.25) is 4.68 Å². The summed E-state index contributed by atoms with van der Waals surface area (Å²) in [5, 5.41) is 4.42. The number of aryl methyl sites for hydroxylation is 1. The molecule has 1 aliphatic carbocycles. The van der Waals surface area contributed by atoms with E-state index in [1.165, 1.54) is 12.8 Å². The Hall–Kier alpha value is -0.830. The number of nitrogens with two attached hydrogens (primary N) is 1. The van der Waals surface area contributed by atoms with E-state index < -0.39 is 0 Å². The van der Waals surface area contributed by atoms with Gasteiger partial charge in [-0.05, 0) is 37.2 Å². The molecule has 2 rings (SSSR count). The summed E-state index contributed by atoms with van der Waals surface area (Å²) in [4.78, 5) is 0. The van der Waals surface area contributed by atoms with Gasteiger partial charge in [-0.2, -0.15) is 5.10 Å². The zero-order valence-electron chi connectivity index (χ0n) is 10.7. The van der Waals surface area contributed by atoms with Crippen LogP contribution >= 0.6 is 0 Å². The van der Waals surface area contributed by atoms with E-state index in [-0.39, 0.29) is 5.54 Å². The molecular formula is C13H23N3. The van der Waals surface area contributed by atoms with Crippen molar-refractivity contribution in [3.63, 3.8) is 0 Å². The summed E-state index contributed by atoms with van der Waals surface area (Å²) in [5.41, 5.74) is 8.06. The largest absolute Gasteiger partial charge is 0.325 e. The maximum absolute atomic E-state index is 6.47. The number of hydrogen-bond donors (Lipinski definition) is 1. The van der Waals surface area contributed by atoms with Crippen LogP contribution in [0, 0.1) is 5.41 Å². The van der Waals surface area contributed by atoms with Gasteiger partial charge < -0.3 is 5.73 Å². The summed E-state index contributed by atoms with van der Waals surface area (Å²) in [6, 6.07) is 2.08. The molecule has 3 heteroatoms. The third-order valence-corrected chi connectivity index (χ3v) is 3.90. The molecule has 1 saturated carbocycles. The Labute approximate surface area is 98.0 Å². The van der Waals surface area contributed by atoms with Crippen molar-refractivity contribution in [1.82, 2.24) is 9.78 Å². The van der Waals surface area contributed by atoms with Crippen molar-refractivity contribution in [2.75, 3.05) is 0 Å². The fourth-order valence-electron chi connectivity index (χ4n) is 2.52. The lowest BCUT2D eigenvalue weighted by Crippen LogP contribution is -2.46. The third kappa shape index (κ3) is 2.64. The predicted molar refractivity (Wildman–Crippen MR) is 66.1 cm³/mol. The van der Waals surface area contributed by atoms with Gasteiger partial charge in [0.05, 0.1) is 5.69 Å². The van der Waals surface area contributed by atoms with Crippen molar-refractivity contribution in [2.24, 2.45) is 18.2 Å². The second-order valence-electron chi connectivity index (χ2n) is 6.18. The zero-order valence-corrected chi connectivity index (χ0v) is 10.7. The van der Waals surface area contributed by atoms with Crippen LogP contribution in [0.5, 0.6) is 0 Å². The molecule has 16 heavy (non-hydrogen) atoms. The molecule has 2 N–H and O–H groups in total. The van der Waals surface area contributed by atoms with Gasteiger partial charge in [0.25, 0.3) is 0 Å². The molecule has 90 valence electrons. The molecule has 0 atom stereocenters. The van der Waals surface area contributed by atoms with Crippen LogP contribution in [0.4, 0.5) is 0 Å². The topological polar surface area (TPSA) is 43.8 Å². The highest BCUT2D eigenvalue weighted by Gasteiger charge is 2.35. The molecule has 0 radical (unpaired) electrons. The van der Waals surface area contributed by atoms with Crippen LogP contribution in [0.1, 0.15) is 45.2 Å². The minimum Gasteiger partial charge on any atom is -0.325 e. The molecule has 1 aromatic heterocycles. The molecule has 0 aromatic carbocycles. The summed E-state index contributed by atoms with van der Waals surface area (Å²) in [6.07, 6.45) is 7.62. The van der Waals surface area contributed by atoms with Gasteiger partial charge in [-0.25, -0.2) is 0 Å². The molecule has 0 amide bonds. The molecule has 1 fully saturated rings. The molecule has 3 nitrogen and oxygen atoms in total. The van der Waals surface area contributed by atoms with Crippen molar-refractivity contribution < 1.29 is 0 Å². The van der Waals surface area contributed by atoms with E-state index in [1.807, 2.05) is 17.9 Å². The summed E-state index contributed by atoms with van der Waals surface area (Å²) in [6.45, 7) is 4.68. The lowest BCUT2D eigenvalue weighted by atomic mass is 9.68. The first-order chi connectivity index (χ1) is 7.39. The monoisotopic (exact) mass is 221 g/mol. The van der Waals surface area contributed by atoms with Crippen LogP contribution in [-0.4, -0.2) is 15.3 Å². The van der Waals surface area contributed by atoms with Crippen molar-refractivity contribution >= 4 is 0 Å². The minimum atomic E-state index is -0.0239. The third-order valence-electron chi connectivity index (χ3n) is 3.90. The standard InChI is InChI=1S/C13H23N3/c1-12(2)5-7-13(14,8-6-12)10-11-4-9-16(3)15-11/h4,9H,5-8,10,14H2,1-3H3. The Morgan fingerprint density at radius 2 is 1.94 bits per heavy atom. The maximum atomic E-state index is 6.47. The summed E-state index contributed by atoms with van der Waals surface area (Å²) in [7, 11) is 1.96. The second kappa shape index (κ2) is 3.88. The molecule has 0 saturated heterocycles. The fraction of sp³-hybridized carbons (Fsp3) is 0.769. The number of nitrogens with zero attached hydrogens (tertiary/aromatic N) is 2. The highest BCUT2D eigenvalue weighted by Crippen LogP contribution is 2.40. The normalized spacial score (nSPS) is 23.2. The first kappa shape index (κ1) is 11.6. The van der Waals surface area contributed by atoms with E-state index in [1.54, 1.807) is 0 Å². The van der Waals surface area contributed by atoms with Crippen LogP contribution in [-0.2, 0) is 13.5 Å². The molecule has 0 unspecified atom stereocenters. The van der Waals surface area contributed by atoms with Crippen LogP contribution in [0.25, 0.3) is 0 Å². The lowest BCUT2D eigenvalue weighted by molar-refractivity contribution is 0.164. The van der Waals surface area contributed by atoms with Crippen LogP contribution in [0.3, 0.4) is 0 Å². The van der Waals surface area contributed by atoms with Gasteiger partial charge in [0.1, 0.15) is 0 Å². The molecular weight excluding hydrogens is 198 g/mol. The molecule has 1 aliphatic rings. The van der Waals surface area contributed by atoms with Gasteiger partial charge in [0, 0.05) is 25.2 Å². The molecule has 0 spiro atoms. The average Bonchev–Trinajstić information content (AvgIpc) is 2.58. The quantitative estimate of drug-likeness (QED) is 0.832. The van der Waals surface area contributed by atoms with E-state index in [2.05, 4.69) is 25.0 Å². The van der Waals surface area contributed by atoms with Gasteiger partial charge in [-0.1, -0.05) is 13.8 Å². The summed E-state index contributed by atoms with van der Waals surface area (Å²) < 4.78 is 1.85. The Balaban J connectivity index is 1.99. The second-order valence-corrected chi connectivity index (χ2v) is 6.18. The molecule has 0 aliphatic heterocycles. The maximum Gasteiger partial charge on any atom is 0.0642 e. The average molecular weight is 221 g/mol. The number of hydrogen-bond acceptors (Lipinski definition) is 2. The van der Waals surface area contributed by atoms with E-state index in [4.69, 9.17) is 5.73 Å². The van der Waals surface area contributed by atoms with E-state index in [0.717, 1.165) is 25.0 Å². The Morgan fingerprint density at radius 1 is 1.31 bits per heavy atom. The summed E-state index contributed by atoms with van der Waals surface area (Å²) >= 11 is 0. The van der Waals surface area contributed by atoms with Gasteiger partial charge in [-0.15, -0.1) is 0 Å². The van der Waals surface area contributed by atoms with E-state index in [9.17, 15) is 0 Å². The van der Waals surface area contributed by atoms with Crippen molar-refractivity contribution in [3.8, 4) is 0 Å². The Kier molecular flexibility index (Phi) is 2.82. The first-order valence-corrected chi connectivity index (χ1v) is 6.16. The van der Waals surface area contributed by atoms with E-state index in [0.29, 0.717) is 5.41 Å².